The Labute approximate surface area is 223 Å². The first-order chi connectivity index (χ1) is 17.8. The monoisotopic (exact) mass is 543 g/mol. The molecule has 198 valence electrons. The average molecular weight is 544 g/mol. The quantitative estimate of drug-likeness (QED) is 0.259. The maximum Gasteiger partial charge on any atom is 0.407 e. The first-order valence-corrected chi connectivity index (χ1v) is 14.7. The molecule has 2 atom stereocenters. The van der Waals surface area contributed by atoms with Crippen LogP contribution in [-0.4, -0.2) is 43.2 Å². The maximum atomic E-state index is 12.7. The van der Waals surface area contributed by atoms with Crippen molar-refractivity contribution in [2.75, 3.05) is 12.9 Å². The van der Waals surface area contributed by atoms with Gasteiger partial charge in [0, 0.05) is 17.0 Å². The molecule has 0 bridgehead atoms. The molecule has 0 fully saturated rings. The molecule has 0 aliphatic heterocycles. The molecular weight excluding hydrogens is 510 g/mol. The Kier molecular flexibility index (Phi) is 11.3. The Morgan fingerprint density at radius 2 is 1.51 bits per heavy atom. The molecule has 0 saturated heterocycles. The van der Waals surface area contributed by atoms with Gasteiger partial charge in [0.1, 0.15) is 12.4 Å². The van der Waals surface area contributed by atoms with Gasteiger partial charge in [-0.2, -0.15) is 20.2 Å². The van der Waals surface area contributed by atoms with Crippen LogP contribution in [-0.2, 0) is 33.6 Å². The fourth-order valence-electron chi connectivity index (χ4n) is 3.82. The molecule has 3 aromatic carbocycles. The van der Waals surface area contributed by atoms with E-state index in [-0.39, 0.29) is 18.3 Å². The van der Waals surface area contributed by atoms with Crippen molar-refractivity contribution in [1.82, 2.24) is 5.32 Å². The zero-order chi connectivity index (χ0) is 26.5. The number of hydrogen-bond acceptors (Lipinski definition) is 6. The summed E-state index contributed by atoms with van der Waals surface area (Å²) in [5, 5.41) is 2.74. The molecule has 1 unspecified atom stereocenters. The third-order valence-electron chi connectivity index (χ3n) is 5.84. The van der Waals surface area contributed by atoms with Gasteiger partial charge in [-0.1, -0.05) is 72.8 Å². The van der Waals surface area contributed by atoms with Gasteiger partial charge in [0.2, 0.25) is 0 Å². The van der Waals surface area contributed by atoms with Gasteiger partial charge >= 0.3 is 6.09 Å². The van der Waals surface area contributed by atoms with E-state index in [0.717, 1.165) is 28.9 Å². The number of amides is 1. The fraction of sp³-hybridized carbons (Fsp3) is 0.321. The van der Waals surface area contributed by atoms with Gasteiger partial charge in [0.05, 0.1) is 12.9 Å². The van der Waals surface area contributed by atoms with E-state index in [1.54, 1.807) is 18.9 Å². The number of aryl methyl sites for hydroxylation is 1. The number of rotatable bonds is 14. The highest BCUT2D eigenvalue weighted by atomic mass is 32.2. The van der Waals surface area contributed by atoms with Gasteiger partial charge in [-0.15, -0.1) is 0 Å². The lowest BCUT2D eigenvalue weighted by atomic mass is 10.0. The van der Waals surface area contributed by atoms with Crippen LogP contribution in [0, 0.1) is 0 Å². The van der Waals surface area contributed by atoms with Crippen LogP contribution >= 0.6 is 11.8 Å². The van der Waals surface area contributed by atoms with Gasteiger partial charge in [0.25, 0.3) is 10.1 Å². The van der Waals surface area contributed by atoms with Crippen LogP contribution in [0.3, 0.4) is 0 Å². The first-order valence-electron chi connectivity index (χ1n) is 12.0. The number of alkyl carbamates (subject to hydrolysis) is 1. The summed E-state index contributed by atoms with van der Waals surface area (Å²) in [5.41, 5.74) is 3.08. The number of carbonyl (C=O) groups excluding carboxylic acids is 1. The third kappa shape index (κ3) is 10.9. The highest BCUT2D eigenvalue weighted by molar-refractivity contribution is 7.99. The van der Waals surface area contributed by atoms with Gasteiger partial charge < -0.3 is 14.8 Å². The zero-order valence-electron chi connectivity index (χ0n) is 20.8. The Hall–Kier alpha value is -3.01. The summed E-state index contributed by atoms with van der Waals surface area (Å²) < 4.78 is 43.2. The highest BCUT2D eigenvalue weighted by Gasteiger charge is 2.26. The van der Waals surface area contributed by atoms with E-state index < -0.39 is 28.0 Å². The minimum Gasteiger partial charge on any atom is -0.497 e. The second-order valence-corrected chi connectivity index (χ2v) is 11.4. The summed E-state index contributed by atoms with van der Waals surface area (Å²) in [6, 6.07) is 26.5. The molecule has 0 aromatic heterocycles. The lowest BCUT2D eigenvalue weighted by Gasteiger charge is -2.27. The number of nitrogens with one attached hydrogen (secondary N) is 1. The lowest BCUT2D eigenvalue weighted by molar-refractivity contribution is 0.135. The molecule has 1 amide bonds. The Morgan fingerprint density at radius 1 is 0.892 bits per heavy atom. The van der Waals surface area contributed by atoms with E-state index in [1.807, 2.05) is 84.9 Å². The number of benzene rings is 3. The van der Waals surface area contributed by atoms with E-state index >= 15 is 0 Å². The predicted molar refractivity (Wildman–Crippen MR) is 147 cm³/mol. The maximum absolute atomic E-state index is 12.7. The van der Waals surface area contributed by atoms with Gasteiger partial charge in [0.15, 0.2) is 0 Å². The molecule has 0 radical (unpaired) electrons. The van der Waals surface area contributed by atoms with Crippen LogP contribution in [0.4, 0.5) is 4.79 Å². The second-order valence-electron chi connectivity index (χ2n) is 8.61. The molecule has 37 heavy (non-hydrogen) atoms. The zero-order valence-corrected chi connectivity index (χ0v) is 22.4. The van der Waals surface area contributed by atoms with E-state index in [1.165, 1.54) is 0 Å². The molecule has 0 aliphatic rings. The van der Waals surface area contributed by atoms with E-state index in [4.69, 9.17) is 9.47 Å². The molecule has 9 heteroatoms. The molecule has 3 aromatic rings. The largest absolute Gasteiger partial charge is 0.497 e. The summed E-state index contributed by atoms with van der Waals surface area (Å²) in [4.78, 5) is 12.7. The van der Waals surface area contributed by atoms with Gasteiger partial charge in [-0.05, 0) is 48.1 Å². The second kappa shape index (κ2) is 14.7. The van der Waals surface area contributed by atoms with Gasteiger partial charge in [-0.25, -0.2) is 4.79 Å². The minimum atomic E-state index is -4.20. The average Bonchev–Trinajstić information content (AvgIpc) is 2.91. The molecule has 7 nitrogen and oxygen atoms in total. The standard InChI is InChI=1S/C28H33NO6S2/c1-34-25-15-12-24(13-16-25)21-36-27(17-14-22-8-4-2-5-9-22)26(18-19-37(31,32)33)29-28(30)35-20-23-10-6-3-7-11-23/h2-13,15-16,26-27H,14,17-21H2,1H3,(H,29,30)(H,31,32,33)/t26?,27-/m1/s1. The van der Waals surface area contributed by atoms with Crippen molar-refractivity contribution in [1.29, 1.82) is 0 Å². The molecule has 0 aliphatic carbocycles. The van der Waals surface area contributed by atoms with Crippen LogP contribution in [0.1, 0.15) is 29.5 Å². The SMILES string of the molecule is COc1ccc(CS[C@H](CCc2ccccc2)C(CCS(=O)(=O)O)NC(=O)OCc2ccccc2)cc1. The first kappa shape index (κ1) is 28.6. The summed E-state index contributed by atoms with van der Waals surface area (Å²) in [5.74, 6) is 0.969. The van der Waals surface area contributed by atoms with Crippen molar-refractivity contribution in [3.05, 3.63) is 102 Å². The molecular formula is C28H33NO6S2. The fourth-order valence-corrected chi connectivity index (χ4v) is 5.69. The molecule has 0 heterocycles. The predicted octanol–water partition coefficient (Wildman–Crippen LogP) is 5.50. The van der Waals surface area contributed by atoms with Crippen LogP contribution < -0.4 is 10.1 Å². The van der Waals surface area contributed by atoms with Crippen molar-refractivity contribution in [2.24, 2.45) is 0 Å². The lowest BCUT2D eigenvalue weighted by Crippen LogP contribution is -2.43. The third-order valence-corrected chi connectivity index (χ3v) is 8.08. The number of methoxy groups -OCH3 is 1. The number of hydrogen-bond donors (Lipinski definition) is 2. The molecule has 3 rings (SSSR count). The van der Waals surface area contributed by atoms with Gasteiger partial charge in [-0.3, -0.25) is 4.55 Å². The van der Waals surface area contributed by atoms with Crippen molar-refractivity contribution < 1.29 is 27.2 Å². The number of carbonyl (C=O) groups is 1. The Morgan fingerprint density at radius 3 is 2.11 bits per heavy atom. The summed E-state index contributed by atoms with van der Waals surface area (Å²) in [6.07, 6.45) is 0.886. The van der Waals surface area contributed by atoms with Crippen LogP contribution in [0.25, 0.3) is 0 Å². The van der Waals surface area contributed by atoms with Crippen molar-refractivity contribution in [3.8, 4) is 5.75 Å². The van der Waals surface area contributed by atoms with Crippen molar-refractivity contribution in [2.45, 2.75) is 42.9 Å². The normalized spacial score (nSPS) is 12.9. The van der Waals surface area contributed by atoms with Crippen LogP contribution in [0.15, 0.2) is 84.9 Å². The molecule has 0 saturated carbocycles. The Bertz CT molecular complexity index is 1190. The summed E-state index contributed by atoms with van der Waals surface area (Å²) >= 11 is 1.63. The van der Waals surface area contributed by atoms with E-state index in [0.29, 0.717) is 12.2 Å². The number of thioether (sulfide) groups is 1. The van der Waals surface area contributed by atoms with E-state index in [9.17, 15) is 17.8 Å². The molecule has 0 spiro atoms. The van der Waals surface area contributed by atoms with E-state index in [2.05, 4.69) is 5.32 Å². The van der Waals surface area contributed by atoms with Crippen LogP contribution in [0.5, 0.6) is 5.75 Å². The summed E-state index contributed by atoms with van der Waals surface area (Å²) in [7, 11) is -2.58. The number of ether oxygens (including phenoxy) is 2. The minimum absolute atomic E-state index is 0.0638. The molecule has 2 N–H and O–H groups in total. The smallest absolute Gasteiger partial charge is 0.407 e. The summed E-state index contributed by atoms with van der Waals surface area (Å²) in [6.45, 7) is 0.103. The van der Waals surface area contributed by atoms with Crippen molar-refractivity contribution in [3.63, 3.8) is 0 Å². The van der Waals surface area contributed by atoms with Crippen molar-refractivity contribution >= 4 is 28.0 Å². The highest BCUT2D eigenvalue weighted by Crippen LogP contribution is 2.27. The van der Waals surface area contributed by atoms with Crippen LogP contribution in [0.2, 0.25) is 0 Å². The topological polar surface area (TPSA) is 102 Å². The Balaban J connectivity index is 1.73.